The molecule has 9 nitrogen and oxygen atoms in total. The maximum absolute atomic E-state index is 13.0. The second-order valence-corrected chi connectivity index (χ2v) is 7.82. The molecular weight excluding hydrogens is 410 g/mol. The summed E-state index contributed by atoms with van der Waals surface area (Å²) >= 11 is 0. The van der Waals surface area contributed by atoms with Gasteiger partial charge in [0.1, 0.15) is 5.75 Å². The molecule has 4 amide bonds. The van der Waals surface area contributed by atoms with E-state index in [0.717, 1.165) is 22.2 Å². The van der Waals surface area contributed by atoms with Gasteiger partial charge in [0, 0.05) is 23.1 Å². The van der Waals surface area contributed by atoms with Crippen molar-refractivity contribution in [1.29, 1.82) is 0 Å². The topological polar surface area (TPSA) is 116 Å². The summed E-state index contributed by atoms with van der Waals surface area (Å²) in [5.41, 5.74) is 2.12. The number of carbonyl (C=O) groups is 3. The predicted octanol–water partition coefficient (Wildman–Crippen LogP) is 1.47. The number of imide groups is 1. The molecule has 3 N–H and O–H groups in total. The minimum Gasteiger partial charge on any atom is -0.497 e. The Morgan fingerprint density at radius 2 is 2.03 bits per heavy atom. The van der Waals surface area contributed by atoms with E-state index in [4.69, 9.17) is 4.74 Å². The number of methoxy groups -OCH3 is 1. The summed E-state index contributed by atoms with van der Waals surface area (Å²) in [6.07, 6.45) is 0. The van der Waals surface area contributed by atoms with Gasteiger partial charge in [-0.3, -0.25) is 20.0 Å². The molecule has 1 fully saturated rings. The number of hydrogen-bond donors (Lipinski definition) is 3. The smallest absolute Gasteiger partial charge is 0.323 e. The van der Waals surface area contributed by atoms with Gasteiger partial charge in [0.25, 0.3) is 11.8 Å². The summed E-state index contributed by atoms with van der Waals surface area (Å²) in [5, 5.41) is 12.9. The second-order valence-electron chi connectivity index (χ2n) is 7.82. The number of rotatable bonds is 3. The number of aromatic amines is 1. The standard InChI is InChI=1S/C23H19N5O4/c1-13-17-6-3-14(9-19(17)27-26-13)7-8-23(21(30)24-22(31)25-23)12-28-11-15-4-5-16(32-2)10-18(15)20(28)29/h3-6,9-10H,11-12H2,1-2H3,(H,26,27)(H2,24,25,30,31)/t23-/m1/s1. The lowest BCUT2D eigenvalue weighted by Gasteiger charge is -2.26. The van der Waals surface area contributed by atoms with Crippen LogP contribution in [0.2, 0.25) is 0 Å². The van der Waals surface area contributed by atoms with Crippen LogP contribution < -0.4 is 15.4 Å². The van der Waals surface area contributed by atoms with Gasteiger partial charge in [-0.15, -0.1) is 0 Å². The van der Waals surface area contributed by atoms with Gasteiger partial charge in [-0.05, 0) is 42.8 Å². The number of ether oxygens (including phenoxy) is 1. The zero-order valence-electron chi connectivity index (χ0n) is 17.4. The van der Waals surface area contributed by atoms with E-state index in [2.05, 4.69) is 32.7 Å². The van der Waals surface area contributed by atoms with Gasteiger partial charge in [-0.25, -0.2) is 4.79 Å². The van der Waals surface area contributed by atoms with Crippen LogP contribution in [0.3, 0.4) is 0 Å². The number of nitrogens with zero attached hydrogens (tertiary/aromatic N) is 2. The number of aryl methyl sites for hydroxylation is 1. The van der Waals surface area contributed by atoms with Crippen molar-refractivity contribution in [1.82, 2.24) is 25.7 Å². The third-order valence-corrected chi connectivity index (χ3v) is 5.74. The fourth-order valence-electron chi connectivity index (χ4n) is 4.02. The lowest BCUT2D eigenvalue weighted by molar-refractivity contribution is -0.122. The van der Waals surface area contributed by atoms with Crippen molar-refractivity contribution in [2.24, 2.45) is 0 Å². The molecule has 32 heavy (non-hydrogen) atoms. The van der Waals surface area contributed by atoms with Gasteiger partial charge in [0.05, 0.1) is 24.9 Å². The highest BCUT2D eigenvalue weighted by Crippen LogP contribution is 2.28. The molecule has 0 bridgehead atoms. The van der Waals surface area contributed by atoms with E-state index < -0.39 is 17.5 Å². The van der Waals surface area contributed by atoms with Crippen LogP contribution in [0.15, 0.2) is 36.4 Å². The average Bonchev–Trinajstić information content (AvgIpc) is 3.40. The van der Waals surface area contributed by atoms with Crippen molar-refractivity contribution in [2.45, 2.75) is 19.0 Å². The normalized spacial score (nSPS) is 19.4. The van der Waals surface area contributed by atoms with Crippen molar-refractivity contribution < 1.29 is 19.1 Å². The number of hydrogen-bond acceptors (Lipinski definition) is 5. The van der Waals surface area contributed by atoms with Crippen molar-refractivity contribution in [3.63, 3.8) is 0 Å². The molecule has 0 unspecified atom stereocenters. The van der Waals surface area contributed by atoms with Crippen LogP contribution in [0.1, 0.15) is 27.2 Å². The number of H-pyrrole nitrogens is 1. The first-order chi connectivity index (χ1) is 15.4. The molecule has 2 aliphatic heterocycles. The summed E-state index contributed by atoms with van der Waals surface area (Å²) in [4.78, 5) is 39.2. The number of urea groups is 1. The second kappa shape index (κ2) is 7.13. The molecule has 1 atom stereocenters. The third-order valence-electron chi connectivity index (χ3n) is 5.74. The van der Waals surface area contributed by atoms with Crippen molar-refractivity contribution in [3.8, 4) is 17.6 Å². The van der Waals surface area contributed by atoms with Gasteiger partial charge >= 0.3 is 6.03 Å². The predicted molar refractivity (Wildman–Crippen MR) is 115 cm³/mol. The molecule has 160 valence electrons. The Morgan fingerprint density at radius 3 is 2.78 bits per heavy atom. The van der Waals surface area contributed by atoms with E-state index in [1.807, 2.05) is 31.2 Å². The zero-order valence-corrected chi connectivity index (χ0v) is 17.4. The maximum Gasteiger partial charge on any atom is 0.323 e. The first kappa shape index (κ1) is 19.6. The van der Waals surface area contributed by atoms with E-state index in [0.29, 0.717) is 23.4 Å². The van der Waals surface area contributed by atoms with E-state index in [-0.39, 0.29) is 12.5 Å². The average molecular weight is 429 g/mol. The summed E-state index contributed by atoms with van der Waals surface area (Å²) in [5.74, 6) is 5.63. The van der Waals surface area contributed by atoms with E-state index in [9.17, 15) is 14.4 Å². The Morgan fingerprint density at radius 1 is 1.19 bits per heavy atom. The Kier molecular flexibility index (Phi) is 4.37. The van der Waals surface area contributed by atoms with Gasteiger partial charge in [-0.1, -0.05) is 17.9 Å². The minimum atomic E-state index is -1.56. The molecule has 3 aromatic rings. The number of aromatic nitrogens is 2. The van der Waals surface area contributed by atoms with Crippen molar-refractivity contribution in [2.75, 3.05) is 13.7 Å². The molecule has 0 aliphatic carbocycles. The fourth-order valence-corrected chi connectivity index (χ4v) is 4.02. The molecule has 3 heterocycles. The lowest BCUT2D eigenvalue weighted by Crippen LogP contribution is -2.54. The van der Waals surface area contributed by atoms with Gasteiger partial charge in [-0.2, -0.15) is 5.10 Å². The maximum atomic E-state index is 13.0. The molecule has 2 aliphatic rings. The summed E-state index contributed by atoms with van der Waals surface area (Å²) in [7, 11) is 1.53. The highest BCUT2D eigenvalue weighted by molar-refractivity contribution is 6.10. The zero-order chi connectivity index (χ0) is 22.5. The van der Waals surface area contributed by atoms with E-state index >= 15 is 0 Å². The summed E-state index contributed by atoms with van der Waals surface area (Å²) in [6, 6.07) is 10.2. The first-order valence-electron chi connectivity index (χ1n) is 9.96. The van der Waals surface area contributed by atoms with Crippen LogP contribution >= 0.6 is 0 Å². The Hall–Kier alpha value is -4.32. The van der Waals surface area contributed by atoms with Gasteiger partial charge in [0.2, 0.25) is 5.54 Å². The van der Waals surface area contributed by atoms with Crippen molar-refractivity contribution >= 4 is 28.7 Å². The van der Waals surface area contributed by atoms with Crippen LogP contribution in [0.4, 0.5) is 4.79 Å². The SMILES string of the molecule is COc1ccc2c(c1)C(=O)N(C[C@@]1(C#Cc3ccc4c(C)n[nH]c4c3)NC(=O)NC1=O)C2. The number of carbonyl (C=O) groups excluding carboxylic acids is 3. The highest BCUT2D eigenvalue weighted by atomic mass is 16.5. The first-order valence-corrected chi connectivity index (χ1v) is 9.96. The van der Waals surface area contributed by atoms with Crippen LogP contribution in [-0.4, -0.2) is 52.1 Å². The minimum absolute atomic E-state index is 0.0845. The third kappa shape index (κ3) is 3.13. The van der Waals surface area contributed by atoms with Crippen LogP contribution in [-0.2, 0) is 11.3 Å². The molecule has 9 heteroatoms. The van der Waals surface area contributed by atoms with Gasteiger partial charge in [0.15, 0.2) is 0 Å². The molecule has 1 saturated heterocycles. The molecule has 1 aromatic heterocycles. The Balaban J connectivity index is 1.47. The van der Waals surface area contributed by atoms with Crippen molar-refractivity contribution in [3.05, 3.63) is 58.8 Å². The Bertz CT molecular complexity index is 1370. The fraction of sp³-hybridized carbons (Fsp3) is 0.217. The number of benzene rings is 2. The monoisotopic (exact) mass is 429 g/mol. The summed E-state index contributed by atoms with van der Waals surface area (Å²) in [6.45, 7) is 2.13. The van der Waals surface area contributed by atoms with Crippen LogP contribution in [0.25, 0.3) is 10.9 Å². The van der Waals surface area contributed by atoms with Crippen LogP contribution in [0.5, 0.6) is 5.75 Å². The highest BCUT2D eigenvalue weighted by Gasteiger charge is 2.48. The molecule has 0 saturated carbocycles. The largest absolute Gasteiger partial charge is 0.497 e. The van der Waals surface area contributed by atoms with Crippen LogP contribution in [0, 0.1) is 18.8 Å². The molecule has 2 aromatic carbocycles. The number of amides is 4. The molecular formula is C23H19N5O4. The quantitative estimate of drug-likeness (QED) is 0.431. The molecule has 5 rings (SSSR count). The lowest BCUT2D eigenvalue weighted by atomic mass is 9.99. The summed E-state index contributed by atoms with van der Waals surface area (Å²) < 4.78 is 5.21. The van der Waals surface area contributed by atoms with E-state index in [1.165, 1.54) is 12.0 Å². The number of nitrogens with one attached hydrogen (secondary N) is 3. The molecule has 0 spiro atoms. The van der Waals surface area contributed by atoms with Gasteiger partial charge < -0.3 is 15.0 Å². The number of fused-ring (bicyclic) bond motifs is 2. The molecule has 0 radical (unpaired) electrons. The Labute approximate surface area is 183 Å². The van der Waals surface area contributed by atoms with E-state index in [1.54, 1.807) is 12.1 Å².